The Hall–Kier alpha value is -2.02. The Balaban J connectivity index is 2.19. The van der Waals surface area contributed by atoms with Gasteiger partial charge in [0.15, 0.2) is 5.82 Å². The number of nitrogens with zero attached hydrogens (tertiary/aromatic N) is 3. The minimum atomic E-state index is 0.795. The second-order valence-corrected chi connectivity index (χ2v) is 3.49. The van der Waals surface area contributed by atoms with Crippen molar-refractivity contribution in [1.82, 2.24) is 14.5 Å². The molecule has 0 spiro atoms. The van der Waals surface area contributed by atoms with Crippen LogP contribution in [0.4, 0.5) is 5.82 Å². The fraction of sp³-hybridized carbons (Fsp3) is 0.333. The third kappa shape index (κ3) is 1.98. The van der Waals surface area contributed by atoms with Gasteiger partial charge in [0.25, 0.3) is 0 Å². The number of aryl methyl sites for hydroxylation is 1. The van der Waals surface area contributed by atoms with E-state index in [2.05, 4.69) is 27.1 Å². The fourth-order valence-electron chi connectivity index (χ4n) is 1.56. The molecule has 0 saturated heterocycles. The first-order chi connectivity index (χ1) is 7.83. The van der Waals surface area contributed by atoms with E-state index >= 15 is 0 Å². The molecule has 1 N–H and O–H groups in total. The number of fused-ring (bicyclic) bond motifs is 1. The molecule has 4 nitrogen and oxygen atoms in total. The summed E-state index contributed by atoms with van der Waals surface area (Å²) >= 11 is 0. The highest BCUT2D eigenvalue weighted by Crippen LogP contribution is 2.18. The van der Waals surface area contributed by atoms with Crippen LogP contribution in [0.25, 0.3) is 11.0 Å². The predicted octanol–water partition coefficient (Wildman–Crippen LogP) is 1.79. The van der Waals surface area contributed by atoms with Crippen molar-refractivity contribution < 1.29 is 0 Å². The van der Waals surface area contributed by atoms with Crippen LogP contribution in [-0.2, 0) is 7.05 Å². The normalized spacial score (nSPS) is 9.88. The molecule has 0 aliphatic carbocycles. The maximum atomic E-state index is 4.32. The van der Waals surface area contributed by atoms with E-state index in [-0.39, 0.29) is 0 Å². The van der Waals surface area contributed by atoms with E-state index in [1.54, 1.807) is 12.5 Å². The molecule has 2 aromatic heterocycles. The lowest BCUT2D eigenvalue weighted by Gasteiger charge is -2.03. The molecular weight excluding hydrogens is 200 g/mol. The highest BCUT2D eigenvalue weighted by Gasteiger charge is 2.05. The van der Waals surface area contributed by atoms with Crippen LogP contribution >= 0.6 is 0 Å². The molecule has 0 unspecified atom stereocenters. The standard InChI is InChI=1S/C12H14N4/c1-3-4-5-7-13-12-11-10(6-8-14-12)16(2)9-15-11/h6,8-9H,5,7H2,1-2H3,(H,13,14). The van der Waals surface area contributed by atoms with Crippen molar-refractivity contribution in [2.24, 2.45) is 7.05 Å². The molecule has 2 aromatic rings. The van der Waals surface area contributed by atoms with Crippen molar-refractivity contribution in [2.45, 2.75) is 13.3 Å². The molecule has 0 aromatic carbocycles. The van der Waals surface area contributed by atoms with E-state index in [1.165, 1.54) is 0 Å². The number of hydrogen-bond donors (Lipinski definition) is 1. The van der Waals surface area contributed by atoms with Gasteiger partial charge in [-0.05, 0) is 13.0 Å². The third-order valence-corrected chi connectivity index (χ3v) is 2.36. The lowest BCUT2D eigenvalue weighted by Crippen LogP contribution is -2.03. The lowest BCUT2D eigenvalue weighted by molar-refractivity contribution is 0.947. The zero-order chi connectivity index (χ0) is 11.4. The van der Waals surface area contributed by atoms with E-state index in [0.29, 0.717) is 0 Å². The van der Waals surface area contributed by atoms with Gasteiger partial charge in [-0.25, -0.2) is 9.97 Å². The fourth-order valence-corrected chi connectivity index (χ4v) is 1.56. The average molecular weight is 214 g/mol. The van der Waals surface area contributed by atoms with Crippen molar-refractivity contribution in [2.75, 3.05) is 11.9 Å². The number of hydrogen-bond acceptors (Lipinski definition) is 3. The molecule has 82 valence electrons. The lowest BCUT2D eigenvalue weighted by atomic mass is 10.3. The first kappa shape index (κ1) is 10.5. The molecular formula is C12H14N4. The Morgan fingerprint density at radius 2 is 2.31 bits per heavy atom. The highest BCUT2D eigenvalue weighted by atomic mass is 15.1. The van der Waals surface area contributed by atoms with Gasteiger partial charge in [0, 0.05) is 26.2 Å². The number of pyridine rings is 1. The molecule has 0 atom stereocenters. The molecule has 0 aliphatic rings. The van der Waals surface area contributed by atoms with Gasteiger partial charge in [-0.3, -0.25) is 0 Å². The first-order valence-electron chi connectivity index (χ1n) is 5.22. The molecule has 0 amide bonds. The summed E-state index contributed by atoms with van der Waals surface area (Å²) < 4.78 is 1.98. The van der Waals surface area contributed by atoms with E-state index < -0.39 is 0 Å². The minimum Gasteiger partial charge on any atom is -0.367 e. The third-order valence-electron chi connectivity index (χ3n) is 2.36. The molecule has 0 saturated carbocycles. The first-order valence-corrected chi connectivity index (χ1v) is 5.22. The molecule has 2 rings (SSSR count). The molecule has 0 fully saturated rings. The summed E-state index contributed by atoms with van der Waals surface area (Å²) in [6.07, 6.45) is 4.41. The summed E-state index contributed by atoms with van der Waals surface area (Å²) in [7, 11) is 1.97. The largest absolute Gasteiger partial charge is 0.367 e. The van der Waals surface area contributed by atoms with Crippen LogP contribution in [0.1, 0.15) is 13.3 Å². The van der Waals surface area contributed by atoms with Crippen molar-refractivity contribution >= 4 is 16.9 Å². The van der Waals surface area contributed by atoms with E-state index in [1.807, 2.05) is 24.6 Å². The summed E-state index contributed by atoms with van der Waals surface area (Å²) in [4.78, 5) is 8.60. The van der Waals surface area contributed by atoms with Crippen LogP contribution in [0.15, 0.2) is 18.6 Å². The number of nitrogens with one attached hydrogen (secondary N) is 1. The van der Waals surface area contributed by atoms with Gasteiger partial charge in [-0.2, -0.15) is 0 Å². The van der Waals surface area contributed by atoms with Crippen LogP contribution in [0, 0.1) is 11.8 Å². The van der Waals surface area contributed by atoms with Gasteiger partial charge in [0.2, 0.25) is 0 Å². The number of anilines is 1. The van der Waals surface area contributed by atoms with Gasteiger partial charge in [0.1, 0.15) is 5.52 Å². The Bertz CT molecular complexity index is 545. The van der Waals surface area contributed by atoms with Crippen molar-refractivity contribution in [3.05, 3.63) is 18.6 Å². The molecule has 2 heterocycles. The second-order valence-electron chi connectivity index (χ2n) is 3.49. The minimum absolute atomic E-state index is 0.795. The Labute approximate surface area is 94.7 Å². The predicted molar refractivity (Wildman–Crippen MR) is 65.1 cm³/mol. The van der Waals surface area contributed by atoms with Crippen LogP contribution in [0.2, 0.25) is 0 Å². The van der Waals surface area contributed by atoms with Crippen molar-refractivity contribution in [3.63, 3.8) is 0 Å². The Morgan fingerprint density at radius 3 is 3.12 bits per heavy atom. The number of rotatable bonds is 3. The van der Waals surface area contributed by atoms with E-state index in [4.69, 9.17) is 0 Å². The van der Waals surface area contributed by atoms with Gasteiger partial charge in [-0.15, -0.1) is 11.8 Å². The monoisotopic (exact) mass is 214 g/mol. The second kappa shape index (κ2) is 4.67. The number of imidazole rings is 1. The van der Waals surface area contributed by atoms with Crippen LogP contribution < -0.4 is 5.32 Å². The van der Waals surface area contributed by atoms with Gasteiger partial charge in [0.05, 0.1) is 11.8 Å². The quantitative estimate of drug-likeness (QED) is 0.625. The molecule has 0 bridgehead atoms. The Morgan fingerprint density at radius 1 is 1.44 bits per heavy atom. The van der Waals surface area contributed by atoms with E-state index in [9.17, 15) is 0 Å². The molecule has 16 heavy (non-hydrogen) atoms. The van der Waals surface area contributed by atoms with Gasteiger partial charge < -0.3 is 9.88 Å². The maximum Gasteiger partial charge on any atom is 0.154 e. The molecule has 0 aliphatic heterocycles. The van der Waals surface area contributed by atoms with Crippen LogP contribution in [0.3, 0.4) is 0 Å². The summed E-state index contributed by atoms with van der Waals surface area (Å²) in [5, 5.41) is 3.25. The van der Waals surface area contributed by atoms with Crippen LogP contribution in [0.5, 0.6) is 0 Å². The highest BCUT2D eigenvalue weighted by molar-refractivity contribution is 5.85. The van der Waals surface area contributed by atoms with E-state index in [0.717, 1.165) is 29.8 Å². The van der Waals surface area contributed by atoms with Crippen molar-refractivity contribution in [1.29, 1.82) is 0 Å². The van der Waals surface area contributed by atoms with Crippen molar-refractivity contribution in [3.8, 4) is 11.8 Å². The zero-order valence-corrected chi connectivity index (χ0v) is 9.49. The van der Waals surface area contributed by atoms with Gasteiger partial charge in [-0.1, -0.05) is 0 Å². The summed E-state index contributed by atoms with van der Waals surface area (Å²) in [6.45, 7) is 2.64. The summed E-state index contributed by atoms with van der Waals surface area (Å²) in [5.74, 6) is 6.70. The van der Waals surface area contributed by atoms with Gasteiger partial charge >= 0.3 is 0 Å². The maximum absolute atomic E-state index is 4.32. The topological polar surface area (TPSA) is 42.7 Å². The SMILES string of the molecule is CC#CCCNc1nccc2c1ncn2C. The zero-order valence-electron chi connectivity index (χ0n) is 9.49. The average Bonchev–Trinajstić information content (AvgIpc) is 2.68. The summed E-state index contributed by atoms with van der Waals surface area (Å²) in [6, 6.07) is 1.96. The smallest absolute Gasteiger partial charge is 0.154 e. The van der Waals surface area contributed by atoms with Crippen LogP contribution in [-0.4, -0.2) is 21.1 Å². The molecule has 0 radical (unpaired) electrons. The number of aromatic nitrogens is 3. The Kier molecular flexibility index (Phi) is 3.06. The molecule has 4 heteroatoms. The summed E-state index contributed by atoms with van der Waals surface area (Å²) in [5.41, 5.74) is 1.99.